The van der Waals surface area contributed by atoms with Gasteiger partial charge in [0.05, 0.1) is 16.3 Å². The van der Waals surface area contributed by atoms with Gasteiger partial charge < -0.3 is 0 Å². The minimum atomic E-state index is -0.515. The number of nitro benzene ring substituents is 1. The smallest absolute Gasteiger partial charge is 0.270 e. The average molecular weight is 347 g/mol. The molecule has 0 aliphatic heterocycles. The molecule has 3 aromatic rings. The quantitative estimate of drug-likeness (QED) is 0.298. The average Bonchev–Trinajstić information content (AvgIpc) is 2.94. The van der Waals surface area contributed by atoms with E-state index >= 15 is 0 Å². The van der Waals surface area contributed by atoms with E-state index in [1.165, 1.54) is 24.3 Å². The molecule has 0 N–H and O–H groups in total. The molecule has 0 saturated carbocycles. The molecule has 26 heavy (non-hydrogen) atoms. The number of carbonyl (C=O) groups is 1. The van der Waals surface area contributed by atoms with E-state index in [9.17, 15) is 14.9 Å². The van der Waals surface area contributed by atoms with Gasteiger partial charge in [-0.05, 0) is 38.1 Å². The fourth-order valence-corrected chi connectivity index (χ4v) is 2.74. The molecule has 6 heteroatoms. The molecule has 0 atom stereocenters. The number of para-hydroxylation sites is 1. The van der Waals surface area contributed by atoms with E-state index < -0.39 is 4.92 Å². The summed E-state index contributed by atoms with van der Waals surface area (Å²) in [7, 11) is 0. The second-order valence-electron chi connectivity index (χ2n) is 5.84. The van der Waals surface area contributed by atoms with Crippen LogP contribution in [0.2, 0.25) is 0 Å². The lowest BCUT2D eigenvalue weighted by Crippen LogP contribution is -1.98. The predicted molar refractivity (Wildman–Crippen MR) is 99.5 cm³/mol. The van der Waals surface area contributed by atoms with E-state index in [0.29, 0.717) is 0 Å². The van der Waals surface area contributed by atoms with E-state index in [1.54, 1.807) is 12.1 Å². The van der Waals surface area contributed by atoms with Gasteiger partial charge in [0.1, 0.15) is 0 Å². The van der Waals surface area contributed by atoms with Crippen molar-refractivity contribution in [3.05, 3.63) is 93.3 Å². The number of nitro groups is 1. The molecule has 0 saturated heterocycles. The molecule has 0 spiro atoms. The number of rotatable bonds is 5. The molecule has 0 bridgehead atoms. The van der Waals surface area contributed by atoms with Crippen molar-refractivity contribution < 1.29 is 9.72 Å². The molecule has 0 aliphatic carbocycles. The van der Waals surface area contributed by atoms with Crippen LogP contribution in [0.3, 0.4) is 0 Å². The van der Waals surface area contributed by atoms with Crippen LogP contribution in [-0.2, 0) is 0 Å². The van der Waals surface area contributed by atoms with Crippen LogP contribution in [0.4, 0.5) is 5.69 Å². The number of benzene rings is 2. The number of carbonyl (C=O) groups excluding carboxylic acids is 1. The zero-order valence-corrected chi connectivity index (χ0v) is 14.4. The van der Waals surface area contributed by atoms with E-state index in [1.807, 2.05) is 48.9 Å². The number of nitrogens with zero attached hydrogens (tertiary/aromatic N) is 3. The summed E-state index contributed by atoms with van der Waals surface area (Å²) in [5.74, 6) is -0.292. The maximum absolute atomic E-state index is 12.4. The van der Waals surface area contributed by atoms with Gasteiger partial charge in [-0.3, -0.25) is 14.9 Å². The van der Waals surface area contributed by atoms with Crippen LogP contribution in [0.5, 0.6) is 0 Å². The SMILES string of the molecule is Cc1nn(-c2ccccc2)c(C)c1/C=C/C(=O)c1cccc([N+](=O)[O-])c1. The third kappa shape index (κ3) is 3.44. The van der Waals surface area contributed by atoms with Gasteiger partial charge in [0, 0.05) is 29.0 Å². The monoisotopic (exact) mass is 347 g/mol. The van der Waals surface area contributed by atoms with Gasteiger partial charge >= 0.3 is 0 Å². The Bertz CT molecular complexity index is 1000. The van der Waals surface area contributed by atoms with Crippen LogP contribution in [-0.4, -0.2) is 20.5 Å². The van der Waals surface area contributed by atoms with Gasteiger partial charge in [0.15, 0.2) is 5.78 Å². The predicted octanol–water partition coefficient (Wildman–Crippen LogP) is 4.29. The van der Waals surface area contributed by atoms with Gasteiger partial charge in [0.25, 0.3) is 5.69 Å². The van der Waals surface area contributed by atoms with Gasteiger partial charge in [-0.15, -0.1) is 0 Å². The summed E-state index contributed by atoms with van der Waals surface area (Å²) in [5, 5.41) is 15.4. The Morgan fingerprint density at radius 3 is 2.54 bits per heavy atom. The highest BCUT2D eigenvalue weighted by atomic mass is 16.6. The number of hydrogen-bond acceptors (Lipinski definition) is 4. The third-order valence-corrected chi connectivity index (χ3v) is 4.09. The highest BCUT2D eigenvalue weighted by Crippen LogP contribution is 2.20. The normalized spacial score (nSPS) is 11.0. The van der Waals surface area contributed by atoms with Gasteiger partial charge in [-0.2, -0.15) is 5.10 Å². The number of hydrogen-bond donors (Lipinski definition) is 0. The highest BCUT2D eigenvalue weighted by molar-refractivity contribution is 6.07. The summed E-state index contributed by atoms with van der Waals surface area (Å²) in [6.45, 7) is 3.81. The first-order chi connectivity index (χ1) is 12.5. The first-order valence-electron chi connectivity index (χ1n) is 8.06. The lowest BCUT2D eigenvalue weighted by Gasteiger charge is -2.03. The molecular formula is C20H17N3O3. The topological polar surface area (TPSA) is 78.0 Å². The molecule has 1 heterocycles. The van der Waals surface area contributed by atoms with Crippen LogP contribution in [0.15, 0.2) is 60.7 Å². The second-order valence-corrected chi connectivity index (χ2v) is 5.84. The zero-order valence-electron chi connectivity index (χ0n) is 14.4. The van der Waals surface area contributed by atoms with Crippen molar-refractivity contribution in [3.8, 4) is 5.69 Å². The van der Waals surface area contributed by atoms with Crippen molar-refractivity contribution in [2.24, 2.45) is 0 Å². The summed E-state index contributed by atoms with van der Waals surface area (Å²) < 4.78 is 1.83. The molecule has 0 unspecified atom stereocenters. The number of allylic oxidation sites excluding steroid dienone is 1. The van der Waals surface area contributed by atoms with E-state index in [2.05, 4.69) is 5.10 Å². The summed E-state index contributed by atoms with van der Waals surface area (Å²) in [4.78, 5) is 22.7. The summed E-state index contributed by atoms with van der Waals surface area (Å²) in [6.07, 6.45) is 3.13. The van der Waals surface area contributed by atoms with Crippen LogP contribution in [0.25, 0.3) is 11.8 Å². The van der Waals surface area contributed by atoms with Crippen molar-refractivity contribution in [2.45, 2.75) is 13.8 Å². The van der Waals surface area contributed by atoms with Crippen molar-refractivity contribution in [1.82, 2.24) is 9.78 Å². The molecule has 2 aromatic carbocycles. The Morgan fingerprint density at radius 1 is 1.12 bits per heavy atom. The van der Waals surface area contributed by atoms with E-state index in [4.69, 9.17) is 0 Å². The molecule has 3 rings (SSSR count). The van der Waals surface area contributed by atoms with Crippen LogP contribution >= 0.6 is 0 Å². The van der Waals surface area contributed by atoms with Gasteiger partial charge in [-0.25, -0.2) is 4.68 Å². The minimum absolute atomic E-state index is 0.103. The zero-order chi connectivity index (χ0) is 18.7. The summed E-state index contributed by atoms with van der Waals surface area (Å²) in [6, 6.07) is 15.4. The fraction of sp³-hybridized carbons (Fsp3) is 0.100. The van der Waals surface area contributed by atoms with Gasteiger partial charge in [-0.1, -0.05) is 30.3 Å². The minimum Gasteiger partial charge on any atom is -0.289 e. The first kappa shape index (κ1) is 17.3. The molecule has 0 aliphatic rings. The van der Waals surface area contributed by atoms with Crippen LogP contribution < -0.4 is 0 Å². The fourth-order valence-electron chi connectivity index (χ4n) is 2.74. The molecule has 0 fully saturated rings. The number of aryl methyl sites for hydroxylation is 1. The molecular weight excluding hydrogens is 330 g/mol. The molecule has 0 amide bonds. The Balaban J connectivity index is 1.89. The van der Waals surface area contributed by atoms with Crippen molar-refractivity contribution in [1.29, 1.82) is 0 Å². The molecule has 1 aromatic heterocycles. The lowest BCUT2D eigenvalue weighted by molar-refractivity contribution is -0.384. The Morgan fingerprint density at radius 2 is 1.85 bits per heavy atom. The maximum atomic E-state index is 12.4. The lowest BCUT2D eigenvalue weighted by atomic mass is 10.1. The Kier molecular flexibility index (Phi) is 4.75. The highest BCUT2D eigenvalue weighted by Gasteiger charge is 2.12. The Labute approximate surface area is 150 Å². The number of aromatic nitrogens is 2. The van der Waals surface area contributed by atoms with Crippen molar-refractivity contribution in [3.63, 3.8) is 0 Å². The third-order valence-electron chi connectivity index (χ3n) is 4.09. The largest absolute Gasteiger partial charge is 0.289 e. The molecule has 130 valence electrons. The maximum Gasteiger partial charge on any atom is 0.270 e. The van der Waals surface area contributed by atoms with Crippen LogP contribution in [0, 0.1) is 24.0 Å². The van der Waals surface area contributed by atoms with Gasteiger partial charge in [0.2, 0.25) is 0 Å². The standard InChI is InChI=1S/C20H17N3O3/c1-14-19(15(2)22(21-14)17-8-4-3-5-9-17)11-12-20(24)16-7-6-10-18(13-16)23(25)26/h3-13H,1-2H3/b12-11+. The molecule has 0 radical (unpaired) electrons. The van der Waals surface area contributed by atoms with E-state index in [-0.39, 0.29) is 17.0 Å². The molecule has 6 nitrogen and oxygen atoms in total. The number of ketones is 1. The van der Waals surface area contributed by atoms with Crippen molar-refractivity contribution in [2.75, 3.05) is 0 Å². The summed E-state index contributed by atoms with van der Waals surface area (Å²) >= 11 is 0. The summed E-state index contributed by atoms with van der Waals surface area (Å²) in [5.41, 5.74) is 3.69. The van der Waals surface area contributed by atoms with Crippen molar-refractivity contribution >= 4 is 17.5 Å². The Hall–Kier alpha value is -3.54. The first-order valence-corrected chi connectivity index (χ1v) is 8.06. The second kappa shape index (κ2) is 7.14. The number of non-ortho nitro benzene ring substituents is 1. The van der Waals surface area contributed by atoms with Crippen LogP contribution in [0.1, 0.15) is 27.3 Å². The van der Waals surface area contributed by atoms with E-state index in [0.717, 1.165) is 22.6 Å².